The molecule has 3 rings (SSSR count). The number of aromatic nitrogens is 1. The fourth-order valence-electron chi connectivity index (χ4n) is 3.05. The van der Waals surface area contributed by atoms with Crippen LogP contribution in [0, 0.1) is 6.92 Å². The van der Waals surface area contributed by atoms with E-state index in [9.17, 15) is 0 Å². The monoisotopic (exact) mass is 275 g/mol. The van der Waals surface area contributed by atoms with Crippen LogP contribution in [0.25, 0.3) is 22.2 Å². The maximum Gasteiger partial charge on any atom is 0.0717 e. The third kappa shape index (κ3) is 2.44. The van der Waals surface area contributed by atoms with Crippen molar-refractivity contribution in [3.05, 3.63) is 65.2 Å². The van der Waals surface area contributed by atoms with Crippen molar-refractivity contribution in [3.8, 4) is 11.3 Å². The van der Waals surface area contributed by atoms with E-state index in [4.69, 9.17) is 4.98 Å². The number of hydrogen-bond acceptors (Lipinski definition) is 1. The molecule has 0 aliphatic rings. The number of fused-ring (bicyclic) bond motifs is 1. The molecular formula is C20H21N. The van der Waals surface area contributed by atoms with Gasteiger partial charge in [0.25, 0.3) is 0 Å². The lowest BCUT2D eigenvalue weighted by Gasteiger charge is -2.14. The molecule has 1 nitrogen and oxygen atoms in total. The third-order valence-corrected chi connectivity index (χ3v) is 4.18. The first-order chi connectivity index (χ1) is 10.2. The minimum atomic E-state index is 1.04. The summed E-state index contributed by atoms with van der Waals surface area (Å²) in [5.41, 5.74) is 7.59. The highest BCUT2D eigenvalue weighted by Gasteiger charge is 2.11. The van der Waals surface area contributed by atoms with Crippen LogP contribution in [0.15, 0.2) is 48.5 Å². The van der Waals surface area contributed by atoms with Crippen LogP contribution in [0.3, 0.4) is 0 Å². The van der Waals surface area contributed by atoms with E-state index in [0.717, 1.165) is 24.1 Å². The van der Waals surface area contributed by atoms with Crippen LogP contribution in [-0.4, -0.2) is 4.98 Å². The van der Waals surface area contributed by atoms with Gasteiger partial charge in [-0.05, 0) is 48.6 Å². The number of aryl methyl sites for hydroxylation is 3. The SMILES string of the molecule is CCc1cccc(CC)c1-c1cc(C)c2ccccc2n1. The first-order valence-electron chi connectivity index (χ1n) is 7.72. The van der Waals surface area contributed by atoms with Gasteiger partial charge in [0.2, 0.25) is 0 Å². The summed E-state index contributed by atoms with van der Waals surface area (Å²) in [4.78, 5) is 4.92. The maximum atomic E-state index is 4.92. The second-order valence-corrected chi connectivity index (χ2v) is 5.50. The van der Waals surface area contributed by atoms with Crippen molar-refractivity contribution in [1.29, 1.82) is 0 Å². The Morgan fingerprint density at radius 2 is 1.52 bits per heavy atom. The van der Waals surface area contributed by atoms with Gasteiger partial charge in [0.1, 0.15) is 0 Å². The van der Waals surface area contributed by atoms with Crippen molar-refractivity contribution < 1.29 is 0 Å². The smallest absolute Gasteiger partial charge is 0.0717 e. The van der Waals surface area contributed by atoms with Crippen LogP contribution in [0.4, 0.5) is 0 Å². The fourth-order valence-corrected chi connectivity index (χ4v) is 3.05. The quantitative estimate of drug-likeness (QED) is 0.629. The van der Waals surface area contributed by atoms with Gasteiger partial charge in [-0.3, -0.25) is 0 Å². The molecule has 1 heterocycles. The van der Waals surface area contributed by atoms with E-state index in [1.807, 2.05) is 0 Å². The lowest BCUT2D eigenvalue weighted by molar-refractivity contribution is 1.08. The molecule has 0 atom stereocenters. The highest BCUT2D eigenvalue weighted by molar-refractivity contribution is 5.85. The summed E-state index contributed by atoms with van der Waals surface area (Å²) in [6.07, 6.45) is 2.08. The zero-order valence-electron chi connectivity index (χ0n) is 13.0. The van der Waals surface area contributed by atoms with E-state index in [2.05, 4.69) is 69.3 Å². The Morgan fingerprint density at radius 3 is 2.19 bits per heavy atom. The summed E-state index contributed by atoms with van der Waals surface area (Å²) in [5.74, 6) is 0. The van der Waals surface area contributed by atoms with Gasteiger partial charge in [0.15, 0.2) is 0 Å². The molecule has 2 aromatic carbocycles. The number of pyridine rings is 1. The Hall–Kier alpha value is -2.15. The molecule has 0 radical (unpaired) electrons. The fraction of sp³-hybridized carbons (Fsp3) is 0.250. The van der Waals surface area contributed by atoms with Crippen LogP contribution < -0.4 is 0 Å². The Labute approximate surface area is 126 Å². The molecular weight excluding hydrogens is 254 g/mol. The molecule has 0 unspecified atom stereocenters. The maximum absolute atomic E-state index is 4.92. The van der Waals surface area contributed by atoms with Crippen LogP contribution in [-0.2, 0) is 12.8 Å². The minimum absolute atomic E-state index is 1.04. The molecule has 0 N–H and O–H groups in total. The Balaban J connectivity index is 2.30. The number of nitrogens with zero attached hydrogens (tertiary/aromatic N) is 1. The molecule has 0 bridgehead atoms. The van der Waals surface area contributed by atoms with E-state index in [-0.39, 0.29) is 0 Å². The zero-order chi connectivity index (χ0) is 14.8. The standard InChI is InChI=1S/C20H21N/c1-4-15-9-8-10-16(5-2)20(15)19-13-14(3)17-11-6-7-12-18(17)21-19/h6-13H,4-5H2,1-3H3. The number of hydrogen-bond donors (Lipinski definition) is 0. The largest absolute Gasteiger partial charge is 0.248 e. The van der Waals surface area contributed by atoms with Crippen molar-refractivity contribution in [2.24, 2.45) is 0 Å². The summed E-state index contributed by atoms with van der Waals surface area (Å²) in [6.45, 7) is 6.60. The molecule has 0 saturated heterocycles. The van der Waals surface area contributed by atoms with Crippen LogP contribution in [0.5, 0.6) is 0 Å². The number of para-hydroxylation sites is 1. The van der Waals surface area contributed by atoms with Gasteiger partial charge in [-0.25, -0.2) is 4.98 Å². The number of rotatable bonds is 3. The van der Waals surface area contributed by atoms with Crippen LogP contribution >= 0.6 is 0 Å². The van der Waals surface area contributed by atoms with Crippen LogP contribution in [0.2, 0.25) is 0 Å². The van der Waals surface area contributed by atoms with Crippen molar-refractivity contribution in [1.82, 2.24) is 4.98 Å². The van der Waals surface area contributed by atoms with Gasteiger partial charge in [0.05, 0.1) is 11.2 Å². The Kier molecular flexibility index (Phi) is 3.74. The highest BCUT2D eigenvalue weighted by Crippen LogP contribution is 2.30. The van der Waals surface area contributed by atoms with Crippen molar-refractivity contribution in [3.63, 3.8) is 0 Å². The summed E-state index contributed by atoms with van der Waals surface area (Å²) in [5, 5.41) is 1.24. The molecule has 0 fully saturated rings. The normalized spacial score (nSPS) is 11.0. The van der Waals surface area contributed by atoms with E-state index in [1.54, 1.807) is 0 Å². The van der Waals surface area contributed by atoms with Gasteiger partial charge >= 0.3 is 0 Å². The summed E-state index contributed by atoms with van der Waals surface area (Å²) >= 11 is 0. The lowest BCUT2D eigenvalue weighted by Crippen LogP contribution is -1.97. The van der Waals surface area contributed by atoms with E-state index in [0.29, 0.717) is 0 Å². The molecule has 0 aliphatic heterocycles. The molecule has 21 heavy (non-hydrogen) atoms. The molecule has 3 aromatic rings. The summed E-state index contributed by atoms with van der Waals surface area (Å²) < 4.78 is 0. The van der Waals surface area contributed by atoms with Crippen molar-refractivity contribution in [2.75, 3.05) is 0 Å². The van der Waals surface area contributed by atoms with Gasteiger partial charge in [-0.2, -0.15) is 0 Å². The Morgan fingerprint density at radius 1 is 0.857 bits per heavy atom. The average Bonchev–Trinajstić information content (AvgIpc) is 2.54. The Bertz CT molecular complexity index is 765. The van der Waals surface area contributed by atoms with Crippen molar-refractivity contribution in [2.45, 2.75) is 33.6 Å². The molecule has 1 heteroatoms. The average molecular weight is 275 g/mol. The van der Waals surface area contributed by atoms with E-state index in [1.165, 1.54) is 27.6 Å². The lowest BCUT2D eigenvalue weighted by atomic mass is 9.93. The second kappa shape index (κ2) is 5.69. The molecule has 0 saturated carbocycles. The van der Waals surface area contributed by atoms with Gasteiger partial charge < -0.3 is 0 Å². The second-order valence-electron chi connectivity index (χ2n) is 5.50. The molecule has 106 valence electrons. The minimum Gasteiger partial charge on any atom is -0.248 e. The third-order valence-electron chi connectivity index (χ3n) is 4.18. The van der Waals surface area contributed by atoms with Gasteiger partial charge in [-0.1, -0.05) is 50.2 Å². The van der Waals surface area contributed by atoms with Gasteiger partial charge in [0, 0.05) is 10.9 Å². The predicted molar refractivity (Wildman–Crippen MR) is 90.7 cm³/mol. The summed E-state index contributed by atoms with van der Waals surface area (Å²) in [7, 11) is 0. The molecule has 1 aromatic heterocycles. The zero-order valence-corrected chi connectivity index (χ0v) is 13.0. The summed E-state index contributed by atoms with van der Waals surface area (Å²) in [6, 6.07) is 17.2. The topological polar surface area (TPSA) is 12.9 Å². The number of benzene rings is 2. The molecule has 0 spiro atoms. The van der Waals surface area contributed by atoms with E-state index >= 15 is 0 Å². The molecule has 0 amide bonds. The first-order valence-corrected chi connectivity index (χ1v) is 7.72. The first kappa shape index (κ1) is 13.8. The van der Waals surface area contributed by atoms with Crippen molar-refractivity contribution >= 4 is 10.9 Å². The van der Waals surface area contributed by atoms with E-state index < -0.39 is 0 Å². The molecule has 0 aliphatic carbocycles. The van der Waals surface area contributed by atoms with Crippen LogP contribution in [0.1, 0.15) is 30.5 Å². The van der Waals surface area contributed by atoms with Gasteiger partial charge in [-0.15, -0.1) is 0 Å². The predicted octanol–water partition coefficient (Wildman–Crippen LogP) is 5.34. The highest BCUT2D eigenvalue weighted by atomic mass is 14.7.